The van der Waals surface area contributed by atoms with Crippen molar-refractivity contribution >= 4 is 40.7 Å². The van der Waals surface area contributed by atoms with Crippen LogP contribution in [0.2, 0.25) is 0 Å². The predicted octanol–water partition coefficient (Wildman–Crippen LogP) is 3.58. The summed E-state index contributed by atoms with van der Waals surface area (Å²) in [5.74, 6) is -1.83. The molecule has 2 aromatic rings. The van der Waals surface area contributed by atoms with Crippen molar-refractivity contribution in [2.45, 2.75) is 97.1 Å². The Bertz CT molecular complexity index is 1510. The van der Waals surface area contributed by atoms with Crippen LogP contribution in [0.5, 0.6) is 0 Å². The first-order valence-corrected chi connectivity index (χ1v) is 15.9. The number of carbonyl (C=O) groups is 4. The molecule has 3 aliphatic heterocycles. The number of hydrogen-bond donors (Lipinski definition) is 3. The summed E-state index contributed by atoms with van der Waals surface area (Å²) in [6.07, 6.45) is 5.18. The Kier molecular flexibility index (Phi) is 9.32. The van der Waals surface area contributed by atoms with Crippen LogP contribution in [0.1, 0.15) is 84.6 Å². The van der Waals surface area contributed by atoms with Gasteiger partial charge in [-0.05, 0) is 77.0 Å². The van der Waals surface area contributed by atoms with Crippen LogP contribution in [0.3, 0.4) is 0 Å². The number of hydrazine groups is 1. The number of ether oxygens (including phenoxy) is 2. The van der Waals surface area contributed by atoms with E-state index < -0.39 is 47.1 Å². The third-order valence-corrected chi connectivity index (χ3v) is 8.98. The van der Waals surface area contributed by atoms with Crippen molar-refractivity contribution in [2.24, 2.45) is 11.3 Å². The number of carbonyl (C=O) groups excluding carboxylic acids is 4. The predicted molar refractivity (Wildman–Crippen MR) is 169 cm³/mol. The minimum absolute atomic E-state index is 0.248. The maximum atomic E-state index is 14.2. The molecule has 0 saturated carbocycles. The Morgan fingerprint density at radius 1 is 1.04 bits per heavy atom. The molecule has 5 atom stereocenters. The number of fused-ring (bicyclic) bond motifs is 4. The molecule has 1 spiro atoms. The minimum Gasteiger partial charge on any atom is -0.455 e. The highest BCUT2D eigenvalue weighted by Crippen LogP contribution is 2.41. The van der Waals surface area contributed by atoms with Gasteiger partial charge < -0.3 is 20.1 Å². The van der Waals surface area contributed by atoms with Gasteiger partial charge >= 0.3 is 5.97 Å². The number of amides is 3. The maximum absolute atomic E-state index is 14.2. The second-order valence-corrected chi connectivity index (χ2v) is 13.5. The molecule has 5 rings (SSSR count). The summed E-state index contributed by atoms with van der Waals surface area (Å²) in [6, 6.07) is 7.17. The number of rotatable bonds is 1. The van der Waals surface area contributed by atoms with Gasteiger partial charge in [-0.25, -0.2) is 10.4 Å². The van der Waals surface area contributed by atoms with E-state index in [2.05, 4.69) is 16.1 Å². The Hall–Kier alpha value is -3.83. The maximum Gasteiger partial charge on any atom is 0.325 e. The number of nitrogens with one attached hydrogen (secondary N) is 3. The van der Waals surface area contributed by atoms with Crippen molar-refractivity contribution in [1.29, 1.82) is 0 Å². The second-order valence-electron chi connectivity index (χ2n) is 13.5. The Labute approximate surface area is 264 Å². The molecule has 1 aromatic heterocycles. The molecule has 3 aliphatic rings. The number of pyridine rings is 1. The van der Waals surface area contributed by atoms with Crippen LogP contribution in [0, 0.1) is 11.3 Å². The van der Waals surface area contributed by atoms with Gasteiger partial charge in [0.25, 0.3) is 5.91 Å². The summed E-state index contributed by atoms with van der Waals surface area (Å²) in [5.41, 5.74) is 3.69. The first-order chi connectivity index (χ1) is 21.3. The molecule has 11 nitrogen and oxygen atoms in total. The molecule has 1 aromatic carbocycles. The van der Waals surface area contributed by atoms with E-state index in [1.165, 1.54) is 5.01 Å². The molecule has 242 valence electrons. The fraction of sp³-hybridized carbons (Fsp3) is 0.559. The molecule has 5 bridgehead atoms. The Balaban J connectivity index is 1.55. The smallest absolute Gasteiger partial charge is 0.325 e. The number of aromatic nitrogens is 1. The molecule has 2 fully saturated rings. The zero-order valence-corrected chi connectivity index (χ0v) is 27.0. The summed E-state index contributed by atoms with van der Waals surface area (Å²) < 4.78 is 11.8. The lowest BCUT2D eigenvalue weighted by molar-refractivity contribution is -0.157. The molecule has 2 saturated heterocycles. The van der Waals surface area contributed by atoms with Gasteiger partial charge in [0.2, 0.25) is 11.8 Å². The Morgan fingerprint density at radius 3 is 2.53 bits per heavy atom. The molecule has 0 radical (unpaired) electrons. The molecule has 1 unspecified atom stereocenters. The van der Waals surface area contributed by atoms with E-state index in [1.54, 1.807) is 13.8 Å². The lowest BCUT2D eigenvalue weighted by Gasteiger charge is -2.43. The van der Waals surface area contributed by atoms with Gasteiger partial charge in [-0.15, -0.1) is 0 Å². The van der Waals surface area contributed by atoms with Crippen molar-refractivity contribution in [3.63, 3.8) is 0 Å². The largest absolute Gasteiger partial charge is 0.455 e. The molecule has 4 heterocycles. The first kappa shape index (κ1) is 32.6. The van der Waals surface area contributed by atoms with Gasteiger partial charge in [0.15, 0.2) is 0 Å². The van der Waals surface area contributed by atoms with Crippen LogP contribution < -0.4 is 16.1 Å². The summed E-state index contributed by atoms with van der Waals surface area (Å²) in [6.45, 7) is 11.8. The summed E-state index contributed by atoms with van der Waals surface area (Å²) in [7, 11) is 0. The van der Waals surface area contributed by atoms with E-state index in [0.29, 0.717) is 44.5 Å². The lowest BCUT2D eigenvalue weighted by Crippen LogP contribution is -2.61. The zero-order chi connectivity index (χ0) is 32.5. The molecule has 3 amide bonds. The van der Waals surface area contributed by atoms with Gasteiger partial charge in [-0.2, -0.15) is 0 Å². The number of cyclic esters (lactones) is 1. The van der Waals surface area contributed by atoms with Crippen LogP contribution in [-0.4, -0.2) is 70.6 Å². The standard InChI is InChI=1S/C34H45N5O6/c1-20(2)28-29(40)35-21(3)30(41)39-16-7-8-26(38-39)31(42)45-22(4)25-12-11-24-10-9-23(18-27(24)36-25)13-14-34(32(43)37-28)15-17-44-33(5,6)19-34/h9-14,18,20-22,26,28,38H,7-8,15-17,19H2,1-6H3,(H,35,40)(H,37,43)/b14-13+/t21-,22+,26-,28-,34?/m0/s1. The topological polar surface area (TPSA) is 139 Å². The van der Waals surface area contributed by atoms with E-state index in [1.807, 2.05) is 70.2 Å². The molecule has 45 heavy (non-hydrogen) atoms. The zero-order valence-electron chi connectivity index (χ0n) is 27.0. The average Bonchev–Trinajstić information content (AvgIpc) is 3.00. The van der Waals surface area contributed by atoms with Crippen molar-refractivity contribution in [3.8, 4) is 0 Å². The summed E-state index contributed by atoms with van der Waals surface area (Å²) in [4.78, 5) is 59.1. The lowest BCUT2D eigenvalue weighted by atomic mass is 9.72. The van der Waals surface area contributed by atoms with E-state index in [0.717, 1.165) is 16.5 Å². The van der Waals surface area contributed by atoms with Gasteiger partial charge in [-0.1, -0.05) is 44.2 Å². The monoisotopic (exact) mass is 619 g/mol. The summed E-state index contributed by atoms with van der Waals surface area (Å²) >= 11 is 0. The van der Waals surface area contributed by atoms with E-state index in [4.69, 9.17) is 14.5 Å². The van der Waals surface area contributed by atoms with Gasteiger partial charge in [0, 0.05) is 18.5 Å². The Morgan fingerprint density at radius 2 is 1.80 bits per heavy atom. The van der Waals surface area contributed by atoms with E-state index in [9.17, 15) is 19.2 Å². The average molecular weight is 620 g/mol. The van der Waals surface area contributed by atoms with Gasteiger partial charge in [0.1, 0.15) is 24.2 Å². The number of esters is 1. The van der Waals surface area contributed by atoms with Crippen molar-refractivity contribution < 1.29 is 28.7 Å². The number of benzene rings is 1. The molecule has 11 heteroatoms. The molecular weight excluding hydrogens is 574 g/mol. The van der Waals surface area contributed by atoms with Crippen molar-refractivity contribution in [3.05, 3.63) is 47.7 Å². The fourth-order valence-electron chi connectivity index (χ4n) is 6.41. The first-order valence-electron chi connectivity index (χ1n) is 15.9. The third-order valence-electron chi connectivity index (χ3n) is 8.98. The van der Waals surface area contributed by atoms with Crippen LogP contribution in [0.4, 0.5) is 0 Å². The van der Waals surface area contributed by atoms with Crippen molar-refractivity contribution in [1.82, 2.24) is 26.1 Å². The SMILES string of the molecule is CC(C)[C@@H]1NC(=O)C2(/C=C/c3ccc4ccc(nc4c3)[C@@H](C)OC(=O)[C@@H]3CCCN(N3)C(=O)[C@H](C)NC1=O)CCOC(C)(C)C2. The molecule has 0 aliphatic carbocycles. The highest BCUT2D eigenvalue weighted by Gasteiger charge is 2.46. The molecular formula is C34H45N5O6. The minimum atomic E-state index is -0.935. The molecule has 3 N–H and O–H groups in total. The number of hydrogen-bond acceptors (Lipinski definition) is 8. The van der Waals surface area contributed by atoms with Crippen LogP contribution >= 0.6 is 0 Å². The van der Waals surface area contributed by atoms with E-state index >= 15 is 0 Å². The van der Waals surface area contributed by atoms with Crippen LogP contribution in [0.15, 0.2) is 36.4 Å². The normalized spacial score (nSPS) is 30.6. The highest BCUT2D eigenvalue weighted by atomic mass is 16.5. The van der Waals surface area contributed by atoms with Gasteiger partial charge in [0.05, 0.1) is 22.2 Å². The van der Waals surface area contributed by atoms with E-state index in [-0.39, 0.29) is 17.7 Å². The number of nitrogens with zero attached hydrogens (tertiary/aromatic N) is 2. The van der Waals surface area contributed by atoms with Crippen LogP contribution in [0.25, 0.3) is 17.0 Å². The van der Waals surface area contributed by atoms with Gasteiger partial charge in [-0.3, -0.25) is 24.2 Å². The van der Waals surface area contributed by atoms with Crippen LogP contribution in [-0.2, 0) is 28.7 Å². The fourth-order valence-corrected chi connectivity index (χ4v) is 6.41. The summed E-state index contributed by atoms with van der Waals surface area (Å²) in [5, 5.41) is 8.12. The quantitative estimate of drug-likeness (QED) is 0.412. The van der Waals surface area contributed by atoms with Crippen molar-refractivity contribution in [2.75, 3.05) is 13.2 Å². The second kappa shape index (κ2) is 12.9. The highest BCUT2D eigenvalue weighted by molar-refractivity contribution is 5.94. The third kappa shape index (κ3) is 7.20.